The number of terminal acetylenes is 1. The zero-order valence-corrected chi connectivity index (χ0v) is 13.0. The van der Waals surface area contributed by atoms with Gasteiger partial charge in [-0.05, 0) is 32.6 Å². The number of carbonyl (C=O) groups excluding carboxylic acids is 1. The van der Waals surface area contributed by atoms with Crippen LogP contribution < -0.4 is 5.73 Å². The summed E-state index contributed by atoms with van der Waals surface area (Å²) >= 11 is 0. The van der Waals surface area contributed by atoms with Crippen LogP contribution in [0.4, 0.5) is 0 Å². The summed E-state index contributed by atoms with van der Waals surface area (Å²) in [6.45, 7) is 4.97. The van der Waals surface area contributed by atoms with Crippen LogP contribution in [0, 0.1) is 12.3 Å². The van der Waals surface area contributed by atoms with Gasteiger partial charge in [0.1, 0.15) is 18.2 Å². The largest absolute Gasteiger partial charge is 0.459 e. The summed E-state index contributed by atoms with van der Waals surface area (Å²) in [6, 6.07) is -0.566. The molecule has 0 spiro atoms. The smallest absolute Gasteiger partial charge is 0.323 e. The summed E-state index contributed by atoms with van der Waals surface area (Å²) in [7, 11) is 0. The third-order valence-electron chi connectivity index (χ3n) is 3.53. The zero-order chi connectivity index (χ0) is 15.7. The molecule has 1 heterocycles. The van der Waals surface area contributed by atoms with Gasteiger partial charge >= 0.3 is 5.97 Å². The quantitative estimate of drug-likeness (QED) is 0.458. The fourth-order valence-electron chi connectivity index (χ4n) is 2.41. The Hall–Kier alpha value is -1.09. The van der Waals surface area contributed by atoms with Crippen LogP contribution in [0.25, 0.3) is 0 Å². The first-order valence-electron chi connectivity index (χ1n) is 7.72. The minimum atomic E-state index is -0.566. The van der Waals surface area contributed by atoms with Gasteiger partial charge in [0.2, 0.25) is 0 Å². The molecule has 21 heavy (non-hydrogen) atoms. The number of nitrogens with two attached hydrogens (primary N) is 1. The molecule has 0 unspecified atom stereocenters. The van der Waals surface area contributed by atoms with E-state index in [1.807, 2.05) is 6.92 Å². The topological polar surface area (TPSA) is 70.8 Å². The first kappa shape index (κ1) is 18.0. The number of rotatable bonds is 6. The molecule has 1 fully saturated rings. The Morgan fingerprint density at radius 2 is 2.14 bits per heavy atom. The van der Waals surface area contributed by atoms with Gasteiger partial charge in [0.25, 0.3) is 0 Å². The minimum Gasteiger partial charge on any atom is -0.459 e. The van der Waals surface area contributed by atoms with E-state index >= 15 is 0 Å². The van der Waals surface area contributed by atoms with Crippen molar-refractivity contribution in [2.24, 2.45) is 5.73 Å². The van der Waals surface area contributed by atoms with Crippen LogP contribution in [-0.2, 0) is 19.0 Å². The zero-order valence-electron chi connectivity index (χ0n) is 13.0. The lowest BCUT2D eigenvalue weighted by molar-refractivity contribution is -0.166. The van der Waals surface area contributed by atoms with Crippen LogP contribution in [0.1, 0.15) is 46.0 Å². The van der Waals surface area contributed by atoms with E-state index in [0.29, 0.717) is 26.1 Å². The molecule has 0 aromatic rings. The molecular weight excluding hydrogens is 270 g/mol. The molecule has 0 radical (unpaired) electrons. The summed E-state index contributed by atoms with van der Waals surface area (Å²) in [4.78, 5) is 11.9. The van der Waals surface area contributed by atoms with Crippen molar-refractivity contribution in [3.63, 3.8) is 0 Å². The Bertz CT molecular complexity index is 353. The second-order valence-corrected chi connectivity index (χ2v) is 5.38. The molecule has 120 valence electrons. The van der Waals surface area contributed by atoms with Crippen LogP contribution in [0.2, 0.25) is 0 Å². The van der Waals surface area contributed by atoms with Crippen LogP contribution in [0.5, 0.6) is 0 Å². The third-order valence-corrected chi connectivity index (χ3v) is 3.53. The van der Waals surface area contributed by atoms with E-state index < -0.39 is 12.1 Å². The van der Waals surface area contributed by atoms with E-state index in [4.69, 9.17) is 26.4 Å². The van der Waals surface area contributed by atoms with Crippen molar-refractivity contribution < 1.29 is 19.0 Å². The minimum absolute atomic E-state index is 0.101. The number of hydrogen-bond donors (Lipinski definition) is 1. The van der Waals surface area contributed by atoms with Gasteiger partial charge in [0.05, 0.1) is 12.7 Å². The van der Waals surface area contributed by atoms with E-state index in [0.717, 1.165) is 19.3 Å². The molecule has 1 saturated heterocycles. The van der Waals surface area contributed by atoms with Crippen molar-refractivity contribution in [1.29, 1.82) is 0 Å². The highest BCUT2D eigenvalue weighted by molar-refractivity contribution is 5.75. The van der Waals surface area contributed by atoms with Crippen LogP contribution in [0.3, 0.4) is 0 Å². The molecule has 5 nitrogen and oxygen atoms in total. The number of ether oxygens (including phenoxy) is 3. The highest BCUT2D eigenvalue weighted by Crippen LogP contribution is 2.21. The number of carbonyl (C=O) groups is 1. The predicted octanol–water partition coefficient (Wildman–Crippen LogP) is 1.63. The third kappa shape index (κ3) is 6.04. The number of hydrogen-bond acceptors (Lipinski definition) is 5. The number of cyclic esters (lactones) is 1. The highest BCUT2D eigenvalue weighted by atomic mass is 16.6. The second-order valence-electron chi connectivity index (χ2n) is 5.38. The molecule has 1 rings (SSSR count). The van der Waals surface area contributed by atoms with Crippen LogP contribution >= 0.6 is 0 Å². The number of esters is 1. The maximum absolute atomic E-state index is 11.9. The van der Waals surface area contributed by atoms with E-state index in [-0.39, 0.29) is 18.2 Å². The first-order valence-corrected chi connectivity index (χ1v) is 7.72. The van der Waals surface area contributed by atoms with E-state index in [2.05, 4.69) is 12.8 Å². The Balaban J connectivity index is 2.77. The Morgan fingerprint density at radius 3 is 2.81 bits per heavy atom. The maximum Gasteiger partial charge on any atom is 0.323 e. The van der Waals surface area contributed by atoms with Crippen molar-refractivity contribution >= 4 is 5.97 Å². The van der Waals surface area contributed by atoms with Crippen LogP contribution in [0.15, 0.2) is 0 Å². The highest BCUT2D eigenvalue weighted by Gasteiger charge is 2.33. The molecule has 5 heteroatoms. The molecule has 0 aromatic heterocycles. The average Bonchev–Trinajstić information content (AvgIpc) is 2.50. The molecule has 1 aliphatic heterocycles. The molecule has 0 amide bonds. The summed E-state index contributed by atoms with van der Waals surface area (Å²) in [5, 5.41) is 0. The van der Waals surface area contributed by atoms with Gasteiger partial charge in [-0.25, -0.2) is 0 Å². The molecule has 0 bridgehead atoms. The van der Waals surface area contributed by atoms with Gasteiger partial charge in [0, 0.05) is 13.0 Å². The van der Waals surface area contributed by atoms with E-state index in [1.54, 1.807) is 0 Å². The summed E-state index contributed by atoms with van der Waals surface area (Å²) < 4.78 is 17.1. The first-order chi connectivity index (χ1) is 10.1. The van der Waals surface area contributed by atoms with Crippen LogP contribution in [-0.4, -0.2) is 43.5 Å². The molecular formula is C16H27NO4. The molecule has 0 saturated carbocycles. The monoisotopic (exact) mass is 297 g/mol. The lowest BCUT2D eigenvalue weighted by atomic mass is 10.0. The van der Waals surface area contributed by atoms with Gasteiger partial charge < -0.3 is 19.9 Å². The summed E-state index contributed by atoms with van der Waals surface area (Å²) in [5.74, 6) is 2.17. The molecule has 1 aliphatic rings. The van der Waals surface area contributed by atoms with Crippen molar-refractivity contribution in [2.75, 3.05) is 13.2 Å². The Labute approximate surface area is 127 Å². The van der Waals surface area contributed by atoms with Gasteiger partial charge in [-0.15, -0.1) is 12.3 Å². The molecule has 2 N–H and O–H groups in total. The lowest BCUT2D eigenvalue weighted by Crippen LogP contribution is -2.43. The van der Waals surface area contributed by atoms with Gasteiger partial charge in [0.15, 0.2) is 0 Å². The maximum atomic E-state index is 11.9. The van der Waals surface area contributed by atoms with Crippen molar-refractivity contribution in [3.8, 4) is 12.3 Å². The SMILES string of the molecule is C#CCCO[C@H]1[C@H](C)OC(=O)[C@@H](N)CCC[C@@H]1OCCC. The van der Waals surface area contributed by atoms with Crippen molar-refractivity contribution in [2.45, 2.75) is 70.3 Å². The average molecular weight is 297 g/mol. The normalized spacial score (nSPS) is 30.7. The van der Waals surface area contributed by atoms with Gasteiger partial charge in [-0.1, -0.05) is 6.92 Å². The van der Waals surface area contributed by atoms with Gasteiger partial charge in [-0.3, -0.25) is 4.79 Å². The van der Waals surface area contributed by atoms with Crippen molar-refractivity contribution in [1.82, 2.24) is 0 Å². The molecule has 0 aromatic carbocycles. The summed E-state index contributed by atoms with van der Waals surface area (Å²) in [6.07, 6.45) is 8.12. The second kappa shape index (κ2) is 9.78. The Morgan fingerprint density at radius 1 is 1.38 bits per heavy atom. The predicted molar refractivity (Wildman–Crippen MR) is 80.6 cm³/mol. The van der Waals surface area contributed by atoms with Crippen molar-refractivity contribution in [3.05, 3.63) is 0 Å². The van der Waals surface area contributed by atoms with E-state index in [1.165, 1.54) is 0 Å². The standard InChI is InChI=1S/C16H27NO4/c1-4-6-11-20-15-12(3)21-16(18)13(17)8-7-9-14(15)19-10-5-2/h1,12-15H,5-11,17H2,2-3H3/t12-,13-,14-,15-/m0/s1. The van der Waals surface area contributed by atoms with Gasteiger partial charge in [-0.2, -0.15) is 0 Å². The lowest BCUT2D eigenvalue weighted by Gasteiger charge is -2.30. The molecule has 0 aliphatic carbocycles. The van der Waals surface area contributed by atoms with E-state index in [9.17, 15) is 4.79 Å². The fraction of sp³-hybridized carbons (Fsp3) is 0.812. The summed E-state index contributed by atoms with van der Waals surface area (Å²) in [5.41, 5.74) is 5.81. The fourth-order valence-corrected chi connectivity index (χ4v) is 2.41. The Kier molecular flexibility index (Phi) is 8.36. The molecule has 4 atom stereocenters.